The number of pyridine rings is 1. The number of terminal acetylenes is 1. The van der Waals surface area contributed by atoms with E-state index >= 15 is 0 Å². The van der Waals surface area contributed by atoms with Gasteiger partial charge in [-0.25, -0.2) is 0 Å². The maximum Gasteiger partial charge on any atom is 0.416 e. The third-order valence-electron chi connectivity index (χ3n) is 2.50. The molecule has 0 fully saturated rings. The lowest BCUT2D eigenvalue weighted by molar-refractivity contribution is -0.137. The van der Waals surface area contributed by atoms with Crippen LogP contribution in [0.5, 0.6) is 0 Å². The second-order valence-corrected chi connectivity index (χ2v) is 3.64. The van der Waals surface area contributed by atoms with Crippen molar-refractivity contribution in [2.24, 2.45) is 0 Å². The maximum atomic E-state index is 12.4. The van der Waals surface area contributed by atoms with Crippen LogP contribution in [0.3, 0.4) is 0 Å². The molecule has 1 aromatic heterocycles. The van der Waals surface area contributed by atoms with Gasteiger partial charge in [0.2, 0.25) is 0 Å². The number of benzene rings is 1. The van der Waals surface area contributed by atoms with Crippen LogP contribution in [0, 0.1) is 12.3 Å². The molecular weight excluding hydrogens is 239 g/mol. The van der Waals surface area contributed by atoms with Gasteiger partial charge in [0.05, 0.1) is 5.56 Å². The van der Waals surface area contributed by atoms with Gasteiger partial charge >= 0.3 is 6.18 Å². The minimum absolute atomic E-state index is 0.602. The predicted molar refractivity (Wildman–Crippen MR) is 62.6 cm³/mol. The zero-order valence-corrected chi connectivity index (χ0v) is 9.20. The third-order valence-corrected chi connectivity index (χ3v) is 2.50. The molecular formula is C14H8F3N. The standard InChI is InChI=1S/C14H8F3N/c1-2-10-7-8-18-9-13(10)11-3-5-12(6-4-11)14(15,16)17/h1,3-9H. The van der Waals surface area contributed by atoms with Crippen molar-refractivity contribution in [2.45, 2.75) is 6.18 Å². The van der Waals surface area contributed by atoms with Crippen molar-refractivity contribution in [3.63, 3.8) is 0 Å². The van der Waals surface area contributed by atoms with Crippen molar-refractivity contribution in [1.82, 2.24) is 4.98 Å². The van der Waals surface area contributed by atoms with Gasteiger partial charge in [0.15, 0.2) is 0 Å². The van der Waals surface area contributed by atoms with Crippen molar-refractivity contribution < 1.29 is 13.2 Å². The second-order valence-electron chi connectivity index (χ2n) is 3.64. The van der Waals surface area contributed by atoms with Gasteiger partial charge in [-0.15, -0.1) is 6.42 Å². The molecule has 90 valence electrons. The molecule has 0 radical (unpaired) electrons. The summed E-state index contributed by atoms with van der Waals surface area (Å²) in [7, 11) is 0. The number of halogens is 3. The van der Waals surface area contributed by atoms with Gasteiger partial charge in [-0.2, -0.15) is 13.2 Å². The fourth-order valence-electron chi connectivity index (χ4n) is 1.59. The van der Waals surface area contributed by atoms with Crippen molar-refractivity contribution in [3.05, 3.63) is 53.9 Å². The highest BCUT2D eigenvalue weighted by atomic mass is 19.4. The fourth-order valence-corrected chi connectivity index (χ4v) is 1.59. The van der Waals surface area contributed by atoms with Gasteiger partial charge in [0.1, 0.15) is 0 Å². The van der Waals surface area contributed by atoms with E-state index in [4.69, 9.17) is 6.42 Å². The maximum absolute atomic E-state index is 12.4. The molecule has 0 saturated carbocycles. The molecule has 0 bridgehead atoms. The first-order valence-corrected chi connectivity index (χ1v) is 5.10. The van der Waals surface area contributed by atoms with Crippen LogP contribution in [0.1, 0.15) is 11.1 Å². The van der Waals surface area contributed by atoms with E-state index in [9.17, 15) is 13.2 Å². The zero-order chi connectivity index (χ0) is 13.2. The quantitative estimate of drug-likeness (QED) is 0.699. The Morgan fingerprint density at radius 2 is 1.72 bits per heavy atom. The van der Waals surface area contributed by atoms with Gasteiger partial charge < -0.3 is 0 Å². The summed E-state index contributed by atoms with van der Waals surface area (Å²) < 4.78 is 37.3. The average Bonchev–Trinajstić information content (AvgIpc) is 2.38. The SMILES string of the molecule is C#Cc1ccncc1-c1ccc(C(F)(F)F)cc1. The largest absolute Gasteiger partial charge is 0.416 e. The molecule has 0 amide bonds. The summed E-state index contributed by atoms with van der Waals surface area (Å²) in [5.74, 6) is 2.48. The predicted octanol–water partition coefficient (Wildman–Crippen LogP) is 3.75. The van der Waals surface area contributed by atoms with Crippen LogP contribution in [-0.4, -0.2) is 4.98 Å². The lowest BCUT2D eigenvalue weighted by Gasteiger charge is -2.08. The summed E-state index contributed by atoms with van der Waals surface area (Å²) in [4.78, 5) is 3.92. The Labute approximate surface area is 102 Å². The third kappa shape index (κ3) is 2.35. The Kier molecular flexibility index (Phi) is 3.07. The highest BCUT2D eigenvalue weighted by Gasteiger charge is 2.29. The molecule has 0 spiro atoms. The first-order chi connectivity index (χ1) is 8.52. The number of nitrogens with zero attached hydrogens (tertiary/aromatic N) is 1. The summed E-state index contributed by atoms with van der Waals surface area (Å²) in [5, 5.41) is 0. The molecule has 18 heavy (non-hydrogen) atoms. The van der Waals surface area contributed by atoms with E-state index in [1.54, 1.807) is 12.3 Å². The first kappa shape index (κ1) is 12.2. The summed E-state index contributed by atoms with van der Waals surface area (Å²) in [6.07, 6.45) is 4.08. The minimum atomic E-state index is -4.33. The highest BCUT2D eigenvalue weighted by molar-refractivity contribution is 5.70. The van der Waals surface area contributed by atoms with Crippen LogP contribution in [0.15, 0.2) is 42.7 Å². The number of aromatic nitrogens is 1. The van der Waals surface area contributed by atoms with E-state index in [0.717, 1.165) is 12.1 Å². The highest BCUT2D eigenvalue weighted by Crippen LogP contribution is 2.31. The number of rotatable bonds is 1. The smallest absolute Gasteiger partial charge is 0.264 e. The van der Waals surface area contributed by atoms with E-state index in [1.165, 1.54) is 18.3 Å². The van der Waals surface area contributed by atoms with Crippen LogP contribution < -0.4 is 0 Å². The van der Waals surface area contributed by atoms with Gasteiger partial charge in [-0.05, 0) is 23.8 Å². The van der Waals surface area contributed by atoms with E-state index in [-0.39, 0.29) is 0 Å². The number of alkyl halides is 3. The van der Waals surface area contributed by atoms with Crippen molar-refractivity contribution in [3.8, 4) is 23.5 Å². The zero-order valence-electron chi connectivity index (χ0n) is 9.20. The molecule has 0 unspecified atom stereocenters. The van der Waals surface area contributed by atoms with E-state index in [2.05, 4.69) is 10.9 Å². The normalized spacial score (nSPS) is 11.0. The lowest BCUT2D eigenvalue weighted by atomic mass is 10.0. The molecule has 4 heteroatoms. The summed E-state index contributed by atoms with van der Waals surface area (Å²) in [5.41, 5.74) is 1.18. The molecule has 0 N–H and O–H groups in total. The van der Waals surface area contributed by atoms with E-state index in [1.807, 2.05) is 0 Å². The summed E-state index contributed by atoms with van der Waals surface area (Å²) in [6, 6.07) is 6.49. The van der Waals surface area contributed by atoms with Crippen molar-refractivity contribution in [1.29, 1.82) is 0 Å². The Morgan fingerprint density at radius 3 is 2.28 bits per heavy atom. The van der Waals surface area contributed by atoms with E-state index < -0.39 is 11.7 Å². The Hall–Kier alpha value is -2.28. The van der Waals surface area contributed by atoms with Crippen molar-refractivity contribution >= 4 is 0 Å². The molecule has 2 rings (SSSR count). The fraction of sp³-hybridized carbons (Fsp3) is 0.0714. The Balaban J connectivity index is 2.45. The van der Waals surface area contributed by atoms with Gasteiger partial charge in [0.25, 0.3) is 0 Å². The molecule has 1 aromatic carbocycles. The van der Waals surface area contributed by atoms with Crippen molar-refractivity contribution in [2.75, 3.05) is 0 Å². The summed E-state index contributed by atoms with van der Waals surface area (Å²) >= 11 is 0. The molecule has 0 aliphatic carbocycles. The summed E-state index contributed by atoms with van der Waals surface area (Å²) in [6.45, 7) is 0. The van der Waals surface area contributed by atoms with Gasteiger partial charge in [-0.1, -0.05) is 18.1 Å². The molecule has 0 aliphatic heterocycles. The van der Waals surface area contributed by atoms with Crippen LogP contribution in [0.4, 0.5) is 13.2 Å². The Bertz CT molecular complexity index is 592. The van der Waals surface area contributed by atoms with Crippen LogP contribution in [-0.2, 0) is 6.18 Å². The molecule has 1 nitrogen and oxygen atoms in total. The van der Waals surface area contributed by atoms with Gasteiger partial charge in [-0.3, -0.25) is 4.98 Å². The Morgan fingerprint density at radius 1 is 1.06 bits per heavy atom. The minimum Gasteiger partial charge on any atom is -0.264 e. The molecule has 0 aliphatic rings. The van der Waals surface area contributed by atoms with Crippen LogP contribution in [0.2, 0.25) is 0 Å². The van der Waals surface area contributed by atoms with E-state index in [0.29, 0.717) is 16.7 Å². The molecule has 2 aromatic rings. The molecule has 1 heterocycles. The van der Waals surface area contributed by atoms with Gasteiger partial charge in [0, 0.05) is 23.5 Å². The molecule has 0 atom stereocenters. The lowest BCUT2D eigenvalue weighted by Crippen LogP contribution is -2.04. The monoisotopic (exact) mass is 247 g/mol. The molecule has 0 saturated heterocycles. The number of hydrogen-bond acceptors (Lipinski definition) is 1. The average molecular weight is 247 g/mol. The van der Waals surface area contributed by atoms with Crippen LogP contribution >= 0.6 is 0 Å². The second kappa shape index (κ2) is 4.53. The number of hydrogen-bond donors (Lipinski definition) is 0. The van der Waals surface area contributed by atoms with Crippen LogP contribution in [0.25, 0.3) is 11.1 Å². The first-order valence-electron chi connectivity index (χ1n) is 5.10. The topological polar surface area (TPSA) is 12.9 Å².